The van der Waals surface area contributed by atoms with Crippen molar-refractivity contribution < 1.29 is 18.8 Å². The van der Waals surface area contributed by atoms with Gasteiger partial charge >= 0.3 is 5.97 Å². The second-order valence-electron chi connectivity index (χ2n) is 3.03. The van der Waals surface area contributed by atoms with E-state index in [0.717, 1.165) is 0 Å². The Morgan fingerprint density at radius 1 is 1.38 bits per heavy atom. The summed E-state index contributed by atoms with van der Waals surface area (Å²) < 4.78 is 14.8. The van der Waals surface area contributed by atoms with Crippen LogP contribution in [0.1, 0.15) is 25.6 Å². The molecule has 0 radical (unpaired) electrons. The second-order valence-corrected chi connectivity index (χ2v) is 3.03. The highest BCUT2D eigenvalue weighted by molar-refractivity contribution is 5.71. The van der Waals surface area contributed by atoms with Crippen LogP contribution < -0.4 is 0 Å². The van der Waals surface area contributed by atoms with Gasteiger partial charge in [0.1, 0.15) is 6.42 Å². The van der Waals surface area contributed by atoms with E-state index in [4.69, 9.17) is 14.0 Å². The van der Waals surface area contributed by atoms with Crippen LogP contribution in [-0.2, 0) is 27.1 Å². The van der Waals surface area contributed by atoms with Gasteiger partial charge in [0.05, 0.1) is 13.2 Å². The lowest BCUT2D eigenvalue weighted by Gasteiger charge is -1.96. The van der Waals surface area contributed by atoms with Crippen molar-refractivity contribution in [3.63, 3.8) is 0 Å². The van der Waals surface area contributed by atoms with Crippen molar-refractivity contribution in [2.24, 2.45) is 0 Å². The average Bonchev–Trinajstić information content (AvgIpc) is 2.66. The Bertz CT molecular complexity index is 324. The fourth-order valence-corrected chi connectivity index (χ4v) is 1.11. The number of hydrogen-bond donors (Lipinski definition) is 0. The first kappa shape index (κ1) is 12.6. The predicted molar refractivity (Wildman–Crippen MR) is 54.8 cm³/mol. The Kier molecular flexibility index (Phi) is 5.49. The van der Waals surface area contributed by atoms with E-state index in [0.29, 0.717) is 32.1 Å². The van der Waals surface area contributed by atoms with E-state index in [-0.39, 0.29) is 18.3 Å². The van der Waals surface area contributed by atoms with Crippen LogP contribution in [0.15, 0.2) is 4.52 Å². The monoisotopic (exact) mass is 228 g/mol. The van der Waals surface area contributed by atoms with Gasteiger partial charge in [-0.25, -0.2) is 0 Å². The van der Waals surface area contributed by atoms with Gasteiger partial charge in [0.25, 0.3) is 0 Å². The molecule has 6 heteroatoms. The number of rotatable bonds is 7. The molecule has 1 aromatic heterocycles. The van der Waals surface area contributed by atoms with Crippen LogP contribution in [0.5, 0.6) is 0 Å². The van der Waals surface area contributed by atoms with Crippen molar-refractivity contribution in [1.82, 2.24) is 10.1 Å². The van der Waals surface area contributed by atoms with Gasteiger partial charge in [-0.15, -0.1) is 0 Å². The molecule has 0 fully saturated rings. The van der Waals surface area contributed by atoms with Gasteiger partial charge in [-0.3, -0.25) is 4.79 Å². The Hall–Kier alpha value is -1.43. The maximum absolute atomic E-state index is 11.1. The molecule has 6 nitrogen and oxygen atoms in total. The minimum atomic E-state index is -0.359. The molecule has 0 N–H and O–H groups in total. The number of carbonyl (C=O) groups excluding carboxylic acids is 1. The molecule has 0 saturated heterocycles. The second kappa shape index (κ2) is 6.95. The van der Waals surface area contributed by atoms with Crippen LogP contribution in [-0.4, -0.2) is 35.9 Å². The highest BCUT2D eigenvalue weighted by Gasteiger charge is 2.11. The highest BCUT2D eigenvalue weighted by Crippen LogP contribution is 2.00. The molecule has 0 aliphatic carbocycles. The van der Waals surface area contributed by atoms with Gasteiger partial charge < -0.3 is 14.0 Å². The first-order valence-electron chi connectivity index (χ1n) is 5.31. The van der Waals surface area contributed by atoms with Crippen molar-refractivity contribution in [2.45, 2.75) is 26.7 Å². The summed E-state index contributed by atoms with van der Waals surface area (Å²) in [6.45, 7) is 5.23. The molecule has 0 atom stereocenters. The number of nitrogens with zero attached hydrogens (tertiary/aromatic N) is 2. The molecular formula is C10H16N2O4. The van der Waals surface area contributed by atoms with Gasteiger partial charge in [0.2, 0.25) is 5.89 Å². The molecule has 1 aromatic rings. The molecule has 90 valence electrons. The van der Waals surface area contributed by atoms with E-state index in [1.54, 1.807) is 6.92 Å². The number of ether oxygens (including phenoxy) is 2. The molecule has 0 aromatic carbocycles. The highest BCUT2D eigenvalue weighted by atomic mass is 16.5. The first-order valence-corrected chi connectivity index (χ1v) is 5.31. The topological polar surface area (TPSA) is 74.5 Å². The van der Waals surface area contributed by atoms with Crippen LogP contribution in [0.2, 0.25) is 0 Å². The zero-order valence-corrected chi connectivity index (χ0v) is 9.56. The summed E-state index contributed by atoms with van der Waals surface area (Å²) in [4.78, 5) is 15.2. The third-order valence-electron chi connectivity index (χ3n) is 1.79. The van der Waals surface area contributed by atoms with Gasteiger partial charge in [-0.1, -0.05) is 5.16 Å². The van der Waals surface area contributed by atoms with Crippen LogP contribution in [0, 0.1) is 0 Å². The Balaban J connectivity index is 2.36. The van der Waals surface area contributed by atoms with Crippen LogP contribution in [0.3, 0.4) is 0 Å². The van der Waals surface area contributed by atoms with Gasteiger partial charge in [0, 0.05) is 13.0 Å². The first-order chi connectivity index (χ1) is 7.76. The van der Waals surface area contributed by atoms with Gasteiger partial charge in [0.15, 0.2) is 5.82 Å². The minimum Gasteiger partial charge on any atom is -0.466 e. The van der Waals surface area contributed by atoms with E-state index >= 15 is 0 Å². The summed E-state index contributed by atoms with van der Waals surface area (Å²) in [5.74, 6) is 0.472. The van der Waals surface area contributed by atoms with Crippen molar-refractivity contribution in [3.8, 4) is 0 Å². The molecule has 0 unspecified atom stereocenters. The zero-order valence-electron chi connectivity index (χ0n) is 9.56. The summed E-state index contributed by atoms with van der Waals surface area (Å²) in [6, 6.07) is 0. The third-order valence-corrected chi connectivity index (χ3v) is 1.79. The van der Waals surface area contributed by atoms with E-state index < -0.39 is 0 Å². The third kappa shape index (κ3) is 4.39. The smallest absolute Gasteiger partial charge is 0.315 e. The summed E-state index contributed by atoms with van der Waals surface area (Å²) >= 11 is 0. The van der Waals surface area contributed by atoms with E-state index in [9.17, 15) is 4.79 Å². The summed E-state index contributed by atoms with van der Waals surface area (Å²) in [7, 11) is 0. The maximum Gasteiger partial charge on any atom is 0.315 e. The molecule has 0 saturated carbocycles. The number of esters is 1. The molecule has 16 heavy (non-hydrogen) atoms. The fraction of sp³-hybridized carbons (Fsp3) is 0.700. The SMILES string of the molecule is CCOCCc1noc(CC(=O)OCC)n1. The lowest BCUT2D eigenvalue weighted by molar-refractivity contribution is -0.142. The fourth-order valence-electron chi connectivity index (χ4n) is 1.11. The number of carbonyl (C=O) groups is 1. The molecule has 0 amide bonds. The molecule has 1 rings (SSSR count). The zero-order chi connectivity index (χ0) is 11.8. The number of aromatic nitrogens is 2. The molecule has 0 bridgehead atoms. The Labute approximate surface area is 93.9 Å². The largest absolute Gasteiger partial charge is 0.466 e. The molecule has 0 aliphatic heterocycles. The van der Waals surface area contributed by atoms with Crippen molar-refractivity contribution >= 4 is 5.97 Å². The lowest BCUT2D eigenvalue weighted by Crippen LogP contribution is -2.07. The van der Waals surface area contributed by atoms with Crippen molar-refractivity contribution in [3.05, 3.63) is 11.7 Å². The molecular weight excluding hydrogens is 212 g/mol. The molecule has 0 aliphatic rings. The Morgan fingerprint density at radius 3 is 2.88 bits per heavy atom. The quantitative estimate of drug-likeness (QED) is 0.506. The van der Waals surface area contributed by atoms with Crippen LogP contribution in [0.4, 0.5) is 0 Å². The van der Waals surface area contributed by atoms with E-state index in [1.807, 2.05) is 6.92 Å². The molecule has 0 spiro atoms. The summed E-state index contributed by atoms with van der Waals surface area (Å²) in [5, 5.41) is 3.73. The average molecular weight is 228 g/mol. The number of hydrogen-bond acceptors (Lipinski definition) is 6. The van der Waals surface area contributed by atoms with E-state index in [2.05, 4.69) is 10.1 Å². The van der Waals surface area contributed by atoms with Crippen molar-refractivity contribution in [2.75, 3.05) is 19.8 Å². The van der Waals surface area contributed by atoms with Gasteiger partial charge in [-0.2, -0.15) is 4.98 Å². The summed E-state index contributed by atoms with van der Waals surface area (Å²) in [6.07, 6.45) is 0.607. The standard InChI is InChI=1S/C10H16N2O4/c1-3-14-6-5-8-11-9(16-12-8)7-10(13)15-4-2/h3-7H2,1-2H3. The lowest BCUT2D eigenvalue weighted by atomic mass is 10.4. The minimum absolute atomic E-state index is 0.0233. The van der Waals surface area contributed by atoms with Crippen molar-refractivity contribution in [1.29, 1.82) is 0 Å². The van der Waals surface area contributed by atoms with Crippen LogP contribution in [0.25, 0.3) is 0 Å². The maximum atomic E-state index is 11.1. The normalized spacial score (nSPS) is 10.4. The summed E-state index contributed by atoms with van der Waals surface area (Å²) in [5.41, 5.74) is 0. The Morgan fingerprint density at radius 2 is 2.19 bits per heavy atom. The van der Waals surface area contributed by atoms with E-state index in [1.165, 1.54) is 0 Å². The van der Waals surface area contributed by atoms with Crippen LogP contribution >= 0.6 is 0 Å². The van der Waals surface area contributed by atoms with Gasteiger partial charge in [-0.05, 0) is 13.8 Å². The predicted octanol–water partition coefficient (Wildman–Crippen LogP) is 0.754. The molecule has 1 heterocycles.